The van der Waals surface area contributed by atoms with E-state index >= 15 is 0 Å². The molecular formula is C30H32BNO2S. The van der Waals surface area contributed by atoms with E-state index in [0.717, 1.165) is 5.69 Å². The maximum absolute atomic E-state index is 6.60. The predicted molar refractivity (Wildman–Crippen MR) is 151 cm³/mol. The Morgan fingerprint density at radius 2 is 1.29 bits per heavy atom. The molecule has 0 unspecified atom stereocenters. The van der Waals surface area contributed by atoms with Crippen LogP contribution in [0.4, 0.5) is 0 Å². The molecule has 0 spiro atoms. The van der Waals surface area contributed by atoms with Crippen LogP contribution in [0.2, 0.25) is 0 Å². The van der Waals surface area contributed by atoms with Crippen molar-refractivity contribution in [3.8, 4) is 5.69 Å². The first-order valence-electron chi connectivity index (χ1n) is 12.4. The lowest BCUT2D eigenvalue weighted by Gasteiger charge is -2.32. The summed E-state index contributed by atoms with van der Waals surface area (Å²) in [6.07, 6.45) is 0. The SMILES string of the molecule is CC(C)(C)c1sc2ccc(-n3c4ccccc4c4ccccc43)cc2c1B1OC(C)(C)C(C)(C)O1. The average molecular weight is 481 g/mol. The number of hydrogen-bond donors (Lipinski definition) is 0. The second-order valence-electron chi connectivity index (χ2n) is 11.7. The van der Waals surface area contributed by atoms with E-state index in [1.807, 2.05) is 11.3 Å². The number of aromatic nitrogens is 1. The Kier molecular flexibility index (Phi) is 4.87. The normalized spacial score (nSPS) is 17.7. The molecule has 35 heavy (non-hydrogen) atoms. The lowest BCUT2D eigenvalue weighted by atomic mass is 9.72. The second kappa shape index (κ2) is 7.46. The molecule has 1 saturated heterocycles. The topological polar surface area (TPSA) is 23.4 Å². The third-order valence-electron chi connectivity index (χ3n) is 7.72. The molecule has 0 N–H and O–H groups in total. The number of rotatable bonds is 2. The highest BCUT2D eigenvalue weighted by Gasteiger charge is 2.53. The highest BCUT2D eigenvalue weighted by Crippen LogP contribution is 2.41. The van der Waals surface area contributed by atoms with Gasteiger partial charge in [-0.05, 0) is 68.8 Å². The van der Waals surface area contributed by atoms with Crippen LogP contribution in [-0.2, 0) is 14.7 Å². The van der Waals surface area contributed by atoms with Crippen LogP contribution in [0, 0.1) is 0 Å². The summed E-state index contributed by atoms with van der Waals surface area (Å²) in [4.78, 5) is 1.32. The summed E-state index contributed by atoms with van der Waals surface area (Å²) in [6, 6.07) is 24.2. The fourth-order valence-electron chi connectivity index (χ4n) is 5.20. The van der Waals surface area contributed by atoms with Crippen LogP contribution in [-0.4, -0.2) is 22.9 Å². The van der Waals surface area contributed by atoms with E-state index in [-0.39, 0.29) is 16.6 Å². The van der Waals surface area contributed by atoms with Crippen LogP contribution >= 0.6 is 11.3 Å². The van der Waals surface area contributed by atoms with E-state index in [9.17, 15) is 0 Å². The molecule has 0 amide bonds. The fraction of sp³-hybridized carbons (Fsp3) is 0.333. The van der Waals surface area contributed by atoms with Gasteiger partial charge in [-0.2, -0.15) is 0 Å². The third kappa shape index (κ3) is 3.40. The number of nitrogens with zero attached hydrogens (tertiary/aromatic N) is 1. The molecule has 3 nitrogen and oxygen atoms in total. The van der Waals surface area contributed by atoms with Crippen LogP contribution in [0.15, 0.2) is 66.7 Å². The molecule has 1 aliphatic heterocycles. The second-order valence-corrected chi connectivity index (χ2v) is 12.8. The third-order valence-corrected chi connectivity index (χ3v) is 9.33. The summed E-state index contributed by atoms with van der Waals surface area (Å²) in [6.45, 7) is 15.3. The maximum atomic E-state index is 6.60. The number of fused-ring (bicyclic) bond motifs is 4. The molecule has 178 valence electrons. The van der Waals surface area contributed by atoms with Gasteiger partial charge in [0.1, 0.15) is 0 Å². The highest BCUT2D eigenvalue weighted by atomic mass is 32.1. The van der Waals surface area contributed by atoms with Gasteiger partial charge in [0.25, 0.3) is 0 Å². The van der Waals surface area contributed by atoms with Crippen molar-refractivity contribution in [1.82, 2.24) is 4.57 Å². The number of hydrogen-bond acceptors (Lipinski definition) is 3. The number of thiophene rings is 1. The van der Waals surface area contributed by atoms with Crippen molar-refractivity contribution in [3.05, 3.63) is 71.6 Å². The van der Waals surface area contributed by atoms with E-state index < -0.39 is 7.12 Å². The summed E-state index contributed by atoms with van der Waals surface area (Å²) in [5.74, 6) is 0. The molecule has 0 aliphatic carbocycles. The Bertz CT molecular complexity index is 1530. The van der Waals surface area contributed by atoms with Crippen LogP contribution in [0.5, 0.6) is 0 Å². The molecule has 0 radical (unpaired) electrons. The molecule has 0 atom stereocenters. The van der Waals surface area contributed by atoms with Crippen LogP contribution in [0.3, 0.4) is 0 Å². The van der Waals surface area contributed by atoms with Gasteiger partial charge < -0.3 is 13.9 Å². The first kappa shape index (κ1) is 22.8. The smallest absolute Gasteiger partial charge is 0.399 e. The van der Waals surface area contributed by atoms with Crippen LogP contribution in [0.25, 0.3) is 37.6 Å². The fourth-order valence-corrected chi connectivity index (χ4v) is 6.45. The Labute approximate surface area is 211 Å². The molecule has 3 aromatic carbocycles. The van der Waals surface area contributed by atoms with Gasteiger partial charge in [-0.25, -0.2) is 0 Å². The molecule has 1 fully saturated rings. The Morgan fingerprint density at radius 1 is 0.743 bits per heavy atom. The monoisotopic (exact) mass is 481 g/mol. The van der Waals surface area contributed by atoms with Crippen molar-refractivity contribution in [2.75, 3.05) is 0 Å². The zero-order valence-electron chi connectivity index (χ0n) is 21.6. The standard InChI is InChI=1S/C30H32BNO2S/c1-28(2,3)27-26(31-33-29(4,5)30(6,7)34-31)22-18-19(16-17-25(22)35-27)32-23-14-10-8-12-20(23)21-13-9-11-15-24(21)32/h8-18H,1-7H3. The zero-order chi connectivity index (χ0) is 24.8. The number of benzene rings is 3. The summed E-state index contributed by atoms with van der Waals surface area (Å²) in [5, 5.41) is 3.77. The average Bonchev–Trinajstić information content (AvgIpc) is 3.40. The van der Waals surface area contributed by atoms with Crippen molar-refractivity contribution in [2.45, 2.75) is 65.1 Å². The first-order chi connectivity index (χ1) is 16.5. The van der Waals surface area contributed by atoms with Crippen molar-refractivity contribution in [2.24, 2.45) is 0 Å². The minimum Gasteiger partial charge on any atom is -0.399 e. The van der Waals surface area contributed by atoms with Crippen molar-refractivity contribution < 1.29 is 9.31 Å². The lowest BCUT2D eigenvalue weighted by molar-refractivity contribution is 0.00578. The first-order valence-corrected chi connectivity index (χ1v) is 13.2. The summed E-state index contributed by atoms with van der Waals surface area (Å²) in [7, 11) is -0.392. The molecule has 0 saturated carbocycles. The maximum Gasteiger partial charge on any atom is 0.496 e. The van der Waals surface area contributed by atoms with Crippen LogP contribution < -0.4 is 5.46 Å². The van der Waals surface area contributed by atoms with E-state index in [1.165, 1.54) is 42.2 Å². The van der Waals surface area contributed by atoms with Gasteiger partial charge in [0.15, 0.2) is 0 Å². The lowest BCUT2D eigenvalue weighted by Crippen LogP contribution is -2.41. The van der Waals surface area contributed by atoms with E-state index in [1.54, 1.807) is 0 Å². The van der Waals surface area contributed by atoms with Gasteiger partial charge in [0, 0.05) is 31.5 Å². The predicted octanol–water partition coefficient (Wildman–Crippen LogP) is 7.60. The van der Waals surface area contributed by atoms with Crippen molar-refractivity contribution >= 4 is 55.8 Å². The molecule has 6 rings (SSSR count). The van der Waals surface area contributed by atoms with Crippen molar-refractivity contribution in [3.63, 3.8) is 0 Å². The molecule has 1 aliphatic rings. The molecule has 5 heteroatoms. The van der Waals surface area contributed by atoms with Crippen molar-refractivity contribution in [1.29, 1.82) is 0 Å². The van der Waals surface area contributed by atoms with E-state index in [2.05, 4.69) is 120 Å². The van der Waals surface area contributed by atoms with E-state index in [4.69, 9.17) is 9.31 Å². The summed E-state index contributed by atoms with van der Waals surface area (Å²) >= 11 is 1.86. The largest absolute Gasteiger partial charge is 0.496 e. The van der Waals surface area contributed by atoms with Gasteiger partial charge in [-0.3, -0.25) is 0 Å². The molecular weight excluding hydrogens is 449 g/mol. The van der Waals surface area contributed by atoms with Gasteiger partial charge in [0.2, 0.25) is 0 Å². The molecule has 5 aromatic rings. The zero-order valence-corrected chi connectivity index (χ0v) is 22.4. The Hall–Kier alpha value is -2.60. The van der Waals surface area contributed by atoms with Gasteiger partial charge in [0.05, 0.1) is 22.2 Å². The van der Waals surface area contributed by atoms with Gasteiger partial charge in [-0.15, -0.1) is 11.3 Å². The summed E-state index contributed by atoms with van der Waals surface area (Å²) in [5.41, 5.74) is 3.99. The number of para-hydroxylation sites is 2. The molecule has 2 aromatic heterocycles. The quantitative estimate of drug-likeness (QED) is 0.243. The van der Waals surface area contributed by atoms with E-state index in [0.29, 0.717) is 0 Å². The minimum absolute atomic E-state index is 0.0182. The summed E-state index contributed by atoms with van der Waals surface area (Å²) < 4.78 is 16.9. The Balaban J connectivity index is 1.63. The van der Waals surface area contributed by atoms with Gasteiger partial charge in [-0.1, -0.05) is 57.2 Å². The molecule has 0 bridgehead atoms. The highest BCUT2D eigenvalue weighted by molar-refractivity contribution is 7.21. The molecule has 3 heterocycles. The van der Waals surface area contributed by atoms with Crippen LogP contribution in [0.1, 0.15) is 53.3 Å². The Morgan fingerprint density at radius 3 is 1.83 bits per heavy atom. The van der Waals surface area contributed by atoms with Gasteiger partial charge >= 0.3 is 7.12 Å². The minimum atomic E-state index is -0.392.